The minimum atomic E-state index is 0.520. The van der Waals surface area contributed by atoms with Crippen LogP contribution in [0, 0.1) is 0 Å². The highest BCUT2D eigenvalue weighted by molar-refractivity contribution is 5.48. The van der Waals surface area contributed by atoms with E-state index < -0.39 is 0 Å². The zero-order valence-electron chi connectivity index (χ0n) is 11.8. The number of nitrogens with zero attached hydrogens (tertiary/aromatic N) is 1. The second-order valence-electron chi connectivity index (χ2n) is 4.41. The summed E-state index contributed by atoms with van der Waals surface area (Å²) in [6.07, 6.45) is 5.82. The van der Waals surface area contributed by atoms with E-state index in [9.17, 15) is 0 Å². The van der Waals surface area contributed by atoms with Gasteiger partial charge in [0.2, 0.25) is 5.88 Å². The summed E-state index contributed by atoms with van der Waals surface area (Å²) in [5.74, 6) is 0.665. The molecule has 1 aromatic heterocycles. The summed E-state index contributed by atoms with van der Waals surface area (Å²) in [6, 6.07) is 14.1. The summed E-state index contributed by atoms with van der Waals surface area (Å²) in [7, 11) is 0. The molecule has 0 atom stereocenters. The zero-order valence-corrected chi connectivity index (χ0v) is 11.8. The predicted molar refractivity (Wildman–Crippen MR) is 82.6 cm³/mol. The molecule has 3 nitrogen and oxygen atoms in total. The molecule has 1 heterocycles. The second-order valence-corrected chi connectivity index (χ2v) is 4.41. The van der Waals surface area contributed by atoms with E-state index in [4.69, 9.17) is 4.74 Å². The Labute approximate surface area is 120 Å². The van der Waals surface area contributed by atoms with Crippen molar-refractivity contribution in [2.75, 3.05) is 13.2 Å². The molecule has 0 amide bonds. The van der Waals surface area contributed by atoms with Crippen LogP contribution in [-0.2, 0) is 6.54 Å². The van der Waals surface area contributed by atoms with Gasteiger partial charge in [-0.25, -0.2) is 4.98 Å². The van der Waals surface area contributed by atoms with Crippen molar-refractivity contribution in [3.63, 3.8) is 0 Å². The van der Waals surface area contributed by atoms with Gasteiger partial charge in [-0.1, -0.05) is 43.3 Å². The lowest BCUT2D eigenvalue weighted by Crippen LogP contribution is -2.11. The Balaban J connectivity index is 1.83. The lowest BCUT2D eigenvalue weighted by atomic mass is 10.2. The van der Waals surface area contributed by atoms with Crippen molar-refractivity contribution in [2.24, 2.45) is 0 Å². The van der Waals surface area contributed by atoms with E-state index in [2.05, 4.69) is 29.4 Å². The largest absolute Gasteiger partial charge is 0.473 e. The molecular weight excluding hydrogens is 248 g/mol. The van der Waals surface area contributed by atoms with Crippen molar-refractivity contribution in [1.29, 1.82) is 0 Å². The zero-order chi connectivity index (χ0) is 14.0. The van der Waals surface area contributed by atoms with E-state index in [1.807, 2.05) is 42.5 Å². The van der Waals surface area contributed by atoms with Crippen molar-refractivity contribution in [2.45, 2.75) is 13.5 Å². The van der Waals surface area contributed by atoms with Gasteiger partial charge in [0.05, 0.1) is 0 Å². The van der Waals surface area contributed by atoms with Crippen molar-refractivity contribution < 1.29 is 4.74 Å². The minimum absolute atomic E-state index is 0.520. The van der Waals surface area contributed by atoms with Crippen LogP contribution in [0.15, 0.2) is 54.7 Å². The average molecular weight is 268 g/mol. The first-order chi connectivity index (χ1) is 9.88. The Kier molecular flexibility index (Phi) is 5.80. The number of aromatic nitrogens is 1. The molecule has 0 bridgehead atoms. The van der Waals surface area contributed by atoms with Crippen LogP contribution >= 0.6 is 0 Å². The highest BCUT2D eigenvalue weighted by atomic mass is 16.5. The Morgan fingerprint density at radius 2 is 2.05 bits per heavy atom. The first kappa shape index (κ1) is 14.3. The van der Waals surface area contributed by atoms with E-state index in [0.717, 1.165) is 13.1 Å². The lowest BCUT2D eigenvalue weighted by molar-refractivity contribution is 0.348. The van der Waals surface area contributed by atoms with E-state index in [1.54, 1.807) is 6.20 Å². The Hall–Kier alpha value is -2.13. The van der Waals surface area contributed by atoms with E-state index >= 15 is 0 Å². The molecule has 0 fully saturated rings. The molecule has 0 spiro atoms. The van der Waals surface area contributed by atoms with Crippen molar-refractivity contribution in [3.05, 3.63) is 65.9 Å². The van der Waals surface area contributed by atoms with Gasteiger partial charge in [-0.2, -0.15) is 0 Å². The van der Waals surface area contributed by atoms with Crippen LogP contribution in [0.1, 0.15) is 18.1 Å². The van der Waals surface area contributed by atoms with Gasteiger partial charge in [0, 0.05) is 18.8 Å². The molecule has 0 saturated carbocycles. The normalized spacial score (nSPS) is 10.8. The molecule has 0 aliphatic heterocycles. The summed E-state index contributed by atoms with van der Waals surface area (Å²) >= 11 is 0. The van der Waals surface area contributed by atoms with Gasteiger partial charge >= 0.3 is 0 Å². The summed E-state index contributed by atoms with van der Waals surface area (Å²) in [5.41, 5.74) is 2.36. The van der Waals surface area contributed by atoms with Crippen molar-refractivity contribution >= 4 is 6.08 Å². The molecule has 104 valence electrons. The Morgan fingerprint density at radius 3 is 2.85 bits per heavy atom. The van der Waals surface area contributed by atoms with Gasteiger partial charge in [-0.15, -0.1) is 0 Å². The molecule has 1 N–H and O–H groups in total. The third-order valence-electron chi connectivity index (χ3n) is 2.82. The summed E-state index contributed by atoms with van der Waals surface area (Å²) in [5, 5.41) is 3.28. The number of benzene rings is 1. The number of pyridine rings is 1. The Bertz CT molecular complexity index is 538. The monoisotopic (exact) mass is 268 g/mol. The quantitative estimate of drug-likeness (QED) is 0.836. The molecule has 3 heteroatoms. The molecule has 20 heavy (non-hydrogen) atoms. The summed E-state index contributed by atoms with van der Waals surface area (Å²) in [4.78, 5) is 4.21. The number of rotatable bonds is 7. The minimum Gasteiger partial charge on any atom is -0.473 e. The maximum atomic E-state index is 5.62. The molecule has 2 rings (SSSR count). The fraction of sp³-hybridized carbons (Fsp3) is 0.235. The third kappa shape index (κ3) is 4.86. The van der Waals surface area contributed by atoms with Crippen molar-refractivity contribution in [3.8, 4) is 5.88 Å². The molecule has 0 saturated heterocycles. The van der Waals surface area contributed by atoms with E-state index in [1.165, 1.54) is 11.1 Å². The smallest absolute Gasteiger partial charge is 0.213 e. The van der Waals surface area contributed by atoms with Crippen LogP contribution in [0.25, 0.3) is 6.08 Å². The molecular formula is C17H20N2O. The lowest BCUT2D eigenvalue weighted by Gasteiger charge is -2.05. The first-order valence-corrected chi connectivity index (χ1v) is 6.88. The topological polar surface area (TPSA) is 34.2 Å². The van der Waals surface area contributed by atoms with Gasteiger partial charge < -0.3 is 10.1 Å². The maximum Gasteiger partial charge on any atom is 0.213 e. The van der Waals surface area contributed by atoms with Crippen LogP contribution in [-0.4, -0.2) is 18.1 Å². The fourth-order valence-electron chi connectivity index (χ4n) is 1.79. The molecule has 0 radical (unpaired) electrons. The summed E-state index contributed by atoms with van der Waals surface area (Å²) < 4.78 is 5.62. The SMILES string of the molecule is CCNCc1ccnc(OCC=Cc2ccccc2)c1. The van der Waals surface area contributed by atoms with Crippen LogP contribution in [0.2, 0.25) is 0 Å². The van der Waals surface area contributed by atoms with Gasteiger partial charge in [0.15, 0.2) is 0 Å². The molecule has 0 aliphatic carbocycles. The average Bonchev–Trinajstić information content (AvgIpc) is 2.51. The second kappa shape index (κ2) is 8.12. The van der Waals surface area contributed by atoms with Crippen molar-refractivity contribution in [1.82, 2.24) is 10.3 Å². The number of ether oxygens (including phenoxy) is 1. The maximum absolute atomic E-state index is 5.62. The molecule has 0 aliphatic rings. The molecule has 1 aromatic carbocycles. The number of nitrogens with one attached hydrogen (secondary N) is 1. The predicted octanol–water partition coefficient (Wildman–Crippen LogP) is 3.28. The van der Waals surface area contributed by atoms with Crippen LogP contribution in [0.4, 0.5) is 0 Å². The van der Waals surface area contributed by atoms with Gasteiger partial charge in [0.25, 0.3) is 0 Å². The number of hydrogen-bond acceptors (Lipinski definition) is 3. The van der Waals surface area contributed by atoms with Gasteiger partial charge in [-0.05, 0) is 29.8 Å². The highest BCUT2D eigenvalue weighted by Crippen LogP contribution is 2.09. The highest BCUT2D eigenvalue weighted by Gasteiger charge is 1.97. The molecule has 2 aromatic rings. The van der Waals surface area contributed by atoms with E-state index in [0.29, 0.717) is 12.5 Å². The first-order valence-electron chi connectivity index (χ1n) is 6.88. The van der Waals surface area contributed by atoms with Gasteiger partial charge in [0.1, 0.15) is 6.61 Å². The molecule has 0 unspecified atom stereocenters. The Morgan fingerprint density at radius 1 is 1.20 bits per heavy atom. The van der Waals surface area contributed by atoms with Gasteiger partial charge in [-0.3, -0.25) is 0 Å². The van der Waals surface area contributed by atoms with Crippen LogP contribution in [0.5, 0.6) is 5.88 Å². The fourth-order valence-corrected chi connectivity index (χ4v) is 1.79. The number of hydrogen-bond donors (Lipinski definition) is 1. The van der Waals surface area contributed by atoms with E-state index in [-0.39, 0.29) is 0 Å². The van der Waals surface area contributed by atoms with Crippen LogP contribution < -0.4 is 10.1 Å². The third-order valence-corrected chi connectivity index (χ3v) is 2.82. The standard InChI is InChI=1S/C17H20N2O/c1-2-18-14-16-10-11-19-17(13-16)20-12-6-9-15-7-4-3-5-8-15/h3-11,13,18H,2,12,14H2,1H3. The van der Waals surface area contributed by atoms with Crippen LogP contribution in [0.3, 0.4) is 0 Å². The summed E-state index contributed by atoms with van der Waals surface area (Å²) in [6.45, 7) is 4.41.